The minimum atomic E-state index is -3.34. The van der Waals surface area contributed by atoms with Crippen LogP contribution in [0.1, 0.15) is 27.2 Å². The quantitative estimate of drug-likeness (QED) is 0.376. The van der Waals surface area contributed by atoms with Gasteiger partial charge in [-0.1, -0.05) is 22.8 Å². The van der Waals surface area contributed by atoms with Gasteiger partial charge in [0, 0.05) is 37.6 Å². The highest BCUT2D eigenvalue weighted by atomic mass is 35.5. The van der Waals surface area contributed by atoms with E-state index in [-0.39, 0.29) is 12.4 Å². The molecule has 1 aromatic heterocycles. The lowest BCUT2D eigenvalue weighted by Crippen LogP contribution is -2.50. The molecular formula is C22H30ClN5O5S. The predicted molar refractivity (Wildman–Crippen MR) is 133 cm³/mol. The molecule has 3 rings (SSSR count). The van der Waals surface area contributed by atoms with Gasteiger partial charge in [0.1, 0.15) is 12.8 Å². The second kappa shape index (κ2) is 11.2. The fourth-order valence-corrected chi connectivity index (χ4v) is 5.02. The number of halogens is 1. The Kier molecular flexibility index (Phi) is 8.56. The molecule has 0 radical (unpaired) electrons. The van der Waals surface area contributed by atoms with Gasteiger partial charge in [-0.15, -0.1) is 0 Å². The van der Waals surface area contributed by atoms with Crippen molar-refractivity contribution in [1.82, 2.24) is 14.1 Å². The average molecular weight is 512 g/mol. The normalized spacial score (nSPS) is 15.6. The summed E-state index contributed by atoms with van der Waals surface area (Å²) in [7, 11) is -1.88. The van der Waals surface area contributed by atoms with Gasteiger partial charge in [0.05, 0.1) is 29.5 Å². The van der Waals surface area contributed by atoms with Crippen LogP contribution in [0, 0.1) is 0 Å². The Morgan fingerprint density at radius 2 is 1.94 bits per heavy atom. The Balaban J connectivity index is 1.91. The molecule has 0 spiro atoms. The van der Waals surface area contributed by atoms with E-state index in [0.29, 0.717) is 49.0 Å². The van der Waals surface area contributed by atoms with Crippen LogP contribution in [0.5, 0.6) is 5.75 Å². The molecule has 1 aliphatic heterocycles. The van der Waals surface area contributed by atoms with Crippen LogP contribution >= 0.6 is 11.6 Å². The number of sulfonamides is 1. The number of oxime groups is 1. The fraction of sp³-hybridized carbons (Fsp3) is 0.500. The van der Waals surface area contributed by atoms with Crippen molar-refractivity contribution in [2.45, 2.75) is 32.4 Å². The van der Waals surface area contributed by atoms with Crippen molar-refractivity contribution in [3.05, 3.63) is 45.8 Å². The van der Waals surface area contributed by atoms with E-state index in [4.69, 9.17) is 21.2 Å². The van der Waals surface area contributed by atoms with E-state index in [1.54, 1.807) is 51.2 Å². The van der Waals surface area contributed by atoms with Gasteiger partial charge in [-0.3, -0.25) is 4.79 Å². The largest absolute Gasteiger partial charge is 0.486 e. The molecule has 2 aromatic rings. The summed E-state index contributed by atoms with van der Waals surface area (Å²) >= 11 is 6.10. The Morgan fingerprint density at radius 3 is 2.56 bits per heavy atom. The number of ether oxygens (including phenoxy) is 1. The molecule has 2 heterocycles. The van der Waals surface area contributed by atoms with Crippen molar-refractivity contribution >= 4 is 33.0 Å². The molecule has 0 N–H and O–H groups in total. The summed E-state index contributed by atoms with van der Waals surface area (Å²) in [5, 5.41) is 8.20. The Bertz CT molecular complexity index is 1190. The Hall–Kier alpha value is -2.63. The van der Waals surface area contributed by atoms with Crippen LogP contribution in [-0.4, -0.2) is 73.4 Å². The van der Waals surface area contributed by atoms with Crippen LogP contribution in [0.3, 0.4) is 0 Å². The van der Waals surface area contributed by atoms with Gasteiger partial charge < -0.3 is 14.5 Å². The van der Waals surface area contributed by atoms with E-state index in [2.05, 4.69) is 10.3 Å². The van der Waals surface area contributed by atoms with Gasteiger partial charge in [0.15, 0.2) is 0 Å². The molecule has 1 aliphatic rings. The molecular weight excluding hydrogens is 482 g/mol. The van der Waals surface area contributed by atoms with E-state index in [0.717, 1.165) is 5.71 Å². The lowest BCUT2D eigenvalue weighted by atomic mass is 10.3. The highest BCUT2D eigenvalue weighted by Gasteiger charge is 2.31. The third-order valence-corrected chi connectivity index (χ3v) is 7.97. The summed E-state index contributed by atoms with van der Waals surface area (Å²) in [5.74, 6) is 0.139. The smallest absolute Gasteiger partial charge is 0.316 e. The summed E-state index contributed by atoms with van der Waals surface area (Å²) in [5.41, 5.74) is 1.32. The minimum Gasteiger partial charge on any atom is -0.486 e. The summed E-state index contributed by atoms with van der Waals surface area (Å²) in [4.78, 5) is 20.1. The zero-order valence-electron chi connectivity index (χ0n) is 19.8. The molecule has 0 bridgehead atoms. The van der Waals surface area contributed by atoms with E-state index in [1.807, 2.05) is 4.90 Å². The van der Waals surface area contributed by atoms with E-state index < -0.39 is 20.8 Å². The van der Waals surface area contributed by atoms with Crippen LogP contribution in [0.25, 0.3) is 5.69 Å². The zero-order valence-corrected chi connectivity index (χ0v) is 21.3. The van der Waals surface area contributed by atoms with Crippen LogP contribution < -0.4 is 15.2 Å². The molecule has 12 heteroatoms. The number of benzene rings is 1. The van der Waals surface area contributed by atoms with Crippen molar-refractivity contribution < 1.29 is 18.0 Å². The maximum atomic E-state index is 13.4. The molecule has 0 saturated carbocycles. The SMILES string of the molecule is CO/N=C(\C)CCOc1c(N2CCN(S(=O)(=O)C(C)C)CC2)cnn(-c2cccc(Cl)c2)c1=O. The monoisotopic (exact) mass is 511 g/mol. The first-order chi connectivity index (χ1) is 16.1. The van der Waals surface area contributed by atoms with Crippen LogP contribution in [-0.2, 0) is 14.9 Å². The predicted octanol–water partition coefficient (Wildman–Crippen LogP) is 2.54. The number of hydrogen-bond acceptors (Lipinski definition) is 8. The molecule has 1 aromatic carbocycles. The van der Waals surface area contributed by atoms with Gasteiger partial charge in [-0.05, 0) is 39.0 Å². The Morgan fingerprint density at radius 1 is 1.24 bits per heavy atom. The summed E-state index contributed by atoms with van der Waals surface area (Å²) in [6.45, 7) is 6.81. The van der Waals surface area contributed by atoms with Crippen LogP contribution in [0.4, 0.5) is 5.69 Å². The minimum absolute atomic E-state index is 0.139. The van der Waals surface area contributed by atoms with Crippen molar-refractivity contribution in [1.29, 1.82) is 0 Å². The number of aromatic nitrogens is 2. The number of nitrogens with zero attached hydrogens (tertiary/aromatic N) is 5. The maximum absolute atomic E-state index is 13.4. The zero-order chi connectivity index (χ0) is 24.9. The first-order valence-corrected chi connectivity index (χ1v) is 12.8. The molecule has 34 heavy (non-hydrogen) atoms. The number of hydrogen-bond donors (Lipinski definition) is 0. The molecule has 1 saturated heterocycles. The second-order valence-corrected chi connectivity index (χ2v) is 11.1. The number of rotatable bonds is 9. The van der Waals surface area contributed by atoms with Crippen LogP contribution in [0.15, 0.2) is 40.4 Å². The second-order valence-electron chi connectivity index (χ2n) is 8.14. The molecule has 0 unspecified atom stereocenters. The Labute approximate surface area is 204 Å². The molecule has 0 amide bonds. The molecule has 1 fully saturated rings. The first kappa shape index (κ1) is 26.0. The summed E-state index contributed by atoms with van der Waals surface area (Å²) in [6, 6.07) is 6.82. The summed E-state index contributed by atoms with van der Waals surface area (Å²) in [6.07, 6.45) is 2.03. The third kappa shape index (κ3) is 5.89. The summed E-state index contributed by atoms with van der Waals surface area (Å²) < 4.78 is 33.7. The molecule has 0 aliphatic carbocycles. The highest BCUT2D eigenvalue weighted by Crippen LogP contribution is 2.27. The van der Waals surface area contributed by atoms with Crippen molar-refractivity contribution in [2.75, 3.05) is 44.8 Å². The standard InChI is InChI=1S/C22H30ClN5O5S/c1-16(2)34(30,31)27-11-9-26(10-12-27)20-15-24-28(19-7-5-6-18(23)14-19)22(29)21(20)33-13-8-17(3)25-32-4/h5-7,14-16H,8-13H2,1-4H3/b25-17+. The first-order valence-electron chi connectivity index (χ1n) is 11.0. The van der Waals surface area contributed by atoms with E-state index in [9.17, 15) is 13.2 Å². The van der Waals surface area contributed by atoms with Crippen molar-refractivity contribution in [3.63, 3.8) is 0 Å². The maximum Gasteiger partial charge on any atom is 0.316 e. The highest BCUT2D eigenvalue weighted by molar-refractivity contribution is 7.89. The van der Waals surface area contributed by atoms with E-state index in [1.165, 1.54) is 16.1 Å². The number of piperazine rings is 1. The van der Waals surface area contributed by atoms with Crippen molar-refractivity contribution in [3.8, 4) is 11.4 Å². The van der Waals surface area contributed by atoms with Crippen LogP contribution in [0.2, 0.25) is 5.02 Å². The van der Waals surface area contributed by atoms with Gasteiger partial charge in [-0.25, -0.2) is 8.42 Å². The fourth-order valence-electron chi connectivity index (χ4n) is 3.57. The lowest BCUT2D eigenvalue weighted by molar-refractivity contribution is 0.211. The lowest BCUT2D eigenvalue weighted by Gasteiger charge is -2.36. The van der Waals surface area contributed by atoms with Gasteiger partial charge in [-0.2, -0.15) is 14.1 Å². The number of anilines is 1. The van der Waals surface area contributed by atoms with Gasteiger partial charge in [0.25, 0.3) is 0 Å². The van der Waals surface area contributed by atoms with Gasteiger partial charge in [0.2, 0.25) is 15.8 Å². The molecule has 10 nitrogen and oxygen atoms in total. The van der Waals surface area contributed by atoms with E-state index >= 15 is 0 Å². The molecule has 186 valence electrons. The molecule has 0 atom stereocenters. The third-order valence-electron chi connectivity index (χ3n) is 5.46. The topological polar surface area (TPSA) is 106 Å². The van der Waals surface area contributed by atoms with Crippen molar-refractivity contribution in [2.24, 2.45) is 5.16 Å². The van der Waals surface area contributed by atoms with Gasteiger partial charge >= 0.3 is 5.56 Å². The average Bonchev–Trinajstić information content (AvgIpc) is 2.80.